The minimum atomic E-state index is -0.935. The second-order valence-corrected chi connectivity index (χ2v) is 3.96. The summed E-state index contributed by atoms with van der Waals surface area (Å²) in [4.78, 5) is 14.9. The molecule has 2 aromatic rings. The third kappa shape index (κ3) is 2.83. The Hall–Kier alpha value is -2.42. The lowest BCUT2D eigenvalue weighted by Gasteiger charge is -2.04. The standard InChI is InChI=1S/C15H13NO2/c1-11(9-15(17)18)12-5-4-6-13(10-12)14-7-2-3-8-16-14/h2-10H,1H3,(H,17,18)/b11-9+. The molecular formula is C15H13NO2. The molecule has 0 bridgehead atoms. The number of pyridine rings is 1. The lowest BCUT2D eigenvalue weighted by atomic mass is 10.0. The Morgan fingerprint density at radius 1 is 1.22 bits per heavy atom. The highest BCUT2D eigenvalue weighted by Gasteiger charge is 2.02. The highest BCUT2D eigenvalue weighted by Crippen LogP contribution is 2.21. The maximum Gasteiger partial charge on any atom is 0.328 e. The zero-order chi connectivity index (χ0) is 13.0. The number of hydrogen-bond acceptors (Lipinski definition) is 2. The van der Waals surface area contributed by atoms with Crippen molar-refractivity contribution in [2.45, 2.75) is 6.92 Å². The van der Waals surface area contributed by atoms with Gasteiger partial charge >= 0.3 is 5.97 Å². The SMILES string of the molecule is C/C(=C\C(=O)O)c1cccc(-c2ccccn2)c1. The Labute approximate surface area is 105 Å². The van der Waals surface area contributed by atoms with E-state index < -0.39 is 5.97 Å². The number of aromatic nitrogens is 1. The van der Waals surface area contributed by atoms with Crippen LogP contribution in [0.1, 0.15) is 12.5 Å². The Balaban J connectivity index is 2.40. The Morgan fingerprint density at radius 3 is 2.72 bits per heavy atom. The molecule has 1 aromatic heterocycles. The number of carboxylic acid groups (broad SMARTS) is 1. The van der Waals surface area contributed by atoms with Gasteiger partial charge in [0.15, 0.2) is 0 Å². The number of hydrogen-bond donors (Lipinski definition) is 1. The first-order chi connectivity index (χ1) is 8.66. The molecule has 3 nitrogen and oxygen atoms in total. The molecule has 0 atom stereocenters. The predicted octanol–water partition coefficient (Wildman–Crippen LogP) is 3.24. The molecule has 3 heteroatoms. The van der Waals surface area contributed by atoms with Crippen LogP contribution >= 0.6 is 0 Å². The van der Waals surface area contributed by atoms with Crippen LogP contribution in [0.25, 0.3) is 16.8 Å². The highest BCUT2D eigenvalue weighted by molar-refractivity contribution is 5.89. The molecule has 0 aliphatic rings. The van der Waals surface area contributed by atoms with Crippen LogP contribution in [0.4, 0.5) is 0 Å². The van der Waals surface area contributed by atoms with Crippen LogP contribution < -0.4 is 0 Å². The lowest BCUT2D eigenvalue weighted by Crippen LogP contribution is -1.90. The summed E-state index contributed by atoms with van der Waals surface area (Å²) in [5.74, 6) is -0.935. The molecule has 1 heterocycles. The molecule has 0 unspecified atom stereocenters. The summed E-state index contributed by atoms with van der Waals surface area (Å²) >= 11 is 0. The largest absolute Gasteiger partial charge is 0.478 e. The summed E-state index contributed by atoms with van der Waals surface area (Å²) in [6.45, 7) is 1.78. The molecule has 1 aromatic carbocycles. The van der Waals surface area contributed by atoms with Gasteiger partial charge in [-0.1, -0.05) is 24.3 Å². The molecule has 0 aliphatic carbocycles. The molecule has 0 fully saturated rings. The van der Waals surface area contributed by atoms with Crippen molar-refractivity contribution in [3.63, 3.8) is 0 Å². The minimum Gasteiger partial charge on any atom is -0.478 e. The first kappa shape index (κ1) is 12.0. The van der Waals surface area contributed by atoms with Gasteiger partial charge in [0, 0.05) is 17.8 Å². The molecule has 0 aliphatic heterocycles. The third-order valence-electron chi connectivity index (χ3n) is 2.62. The average Bonchev–Trinajstić information content (AvgIpc) is 2.39. The van der Waals surface area contributed by atoms with Gasteiger partial charge in [-0.3, -0.25) is 4.98 Å². The van der Waals surface area contributed by atoms with Gasteiger partial charge in [-0.25, -0.2) is 4.79 Å². The van der Waals surface area contributed by atoms with Crippen LogP contribution in [0.5, 0.6) is 0 Å². The summed E-state index contributed by atoms with van der Waals surface area (Å²) in [6.07, 6.45) is 2.94. The highest BCUT2D eigenvalue weighted by atomic mass is 16.4. The fourth-order valence-electron chi connectivity index (χ4n) is 1.73. The van der Waals surface area contributed by atoms with E-state index in [1.54, 1.807) is 13.1 Å². The summed E-state index contributed by atoms with van der Waals surface area (Å²) < 4.78 is 0. The molecule has 0 amide bonds. The summed E-state index contributed by atoms with van der Waals surface area (Å²) in [5.41, 5.74) is 3.47. The van der Waals surface area contributed by atoms with Crippen molar-refractivity contribution in [1.82, 2.24) is 4.98 Å². The van der Waals surface area contributed by atoms with Crippen molar-refractivity contribution >= 4 is 11.5 Å². The fourth-order valence-corrected chi connectivity index (χ4v) is 1.73. The van der Waals surface area contributed by atoms with E-state index in [1.165, 1.54) is 6.08 Å². The molecular weight excluding hydrogens is 226 g/mol. The number of carboxylic acids is 1. The second-order valence-electron chi connectivity index (χ2n) is 3.96. The molecule has 2 rings (SSSR count). The maximum atomic E-state index is 10.6. The zero-order valence-corrected chi connectivity index (χ0v) is 10.00. The normalized spacial score (nSPS) is 11.3. The molecule has 0 saturated carbocycles. The van der Waals surface area contributed by atoms with Gasteiger partial charge in [0.2, 0.25) is 0 Å². The van der Waals surface area contributed by atoms with E-state index in [0.29, 0.717) is 0 Å². The van der Waals surface area contributed by atoms with E-state index in [9.17, 15) is 4.79 Å². The van der Waals surface area contributed by atoms with Gasteiger partial charge in [0.25, 0.3) is 0 Å². The predicted molar refractivity (Wildman–Crippen MR) is 71.0 cm³/mol. The minimum absolute atomic E-state index is 0.722. The van der Waals surface area contributed by atoms with Crippen LogP contribution in [0.15, 0.2) is 54.7 Å². The van der Waals surface area contributed by atoms with Crippen LogP contribution in [-0.2, 0) is 4.79 Å². The first-order valence-corrected chi connectivity index (χ1v) is 5.60. The average molecular weight is 239 g/mol. The van der Waals surface area contributed by atoms with Crippen LogP contribution in [0.3, 0.4) is 0 Å². The molecule has 1 N–H and O–H groups in total. The van der Waals surface area contributed by atoms with E-state index >= 15 is 0 Å². The molecule has 0 radical (unpaired) electrons. The van der Waals surface area contributed by atoms with E-state index in [-0.39, 0.29) is 0 Å². The van der Waals surface area contributed by atoms with Crippen molar-refractivity contribution in [3.05, 3.63) is 60.3 Å². The number of benzene rings is 1. The van der Waals surface area contributed by atoms with Crippen LogP contribution in [0, 0.1) is 0 Å². The van der Waals surface area contributed by atoms with Gasteiger partial charge in [0.05, 0.1) is 5.69 Å². The second kappa shape index (κ2) is 5.27. The summed E-state index contributed by atoms with van der Waals surface area (Å²) in [6, 6.07) is 13.4. The Bertz CT molecular complexity index is 588. The zero-order valence-electron chi connectivity index (χ0n) is 10.00. The lowest BCUT2D eigenvalue weighted by molar-refractivity contribution is -0.131. The van der Waals surface area contributed by atoms with E-state index in [0.717, 1.165) is 22.4 Å². The quantitative estimate of drug-likeness (QED) is 0.836. The number of carbonyl (C=O) groups is 1. The van der Waals surface area contributed by atoms with Crippen LogP contribution in [-0.4, -0.2) is 16.1 Å². The smallest absolute Gasteiger partial charge is 0.328 e. The molecule has 18 heavy (non-hydrogen) atoms. The monoisotopic (exact) mass is 239 g/mol. The third-order valence-corrected chi connectivity index (χ3v) is 2.62. The number of rotatable bonds is 3. The van der Waals surface area contributed by atoms with Gasteiger partial charge in [-0.15, -0.1) is 0 Å². The van der Waals surface area contributed by atoms with Crippen molar-refractivity contribution < 1.29 is 9.90 Å². The van der Waals surface area contributed by atoms with Crippen molar-refractivity contribution in [2.24, 2.45) is 0 Å². The van der Waals surface area contributed by atoms with Gasteiger partial charge in [0.1, 0.15) is 0 Å². The Morgan fingerprint density at radius 2 is 2.06 bits per heavy atom. The fraction of sp³-hybridized carbons (Fsp3) is 0.0667. The summed E-state index contributed by atoms with van der Waals surface area (Å²) in [7, 11) is 0. The van der Waals surface area contributed by atoms with Gasteiger partial charge < -0.3 is 5.11 Å². The van der Waals surface area contributed by atoms with E-state index in [1.807, 2.05) is 42.5 Å². The van der Waals surface area contributed by atoms with Crippen LogP contribution in [0.2, 0.25) is 0 Å². The van der Waals surface area contributed by atoms with Crippen molar-refractivity contribution in [3.8, 4) is 11.3 Å². The number of allylic oxidation sites excluding steroid dienone is 1. The first-order valence-electron chi connectivity index (χ1n) is 5.60. The molecule has 0 spiro atoms. The van der Waals surface area contributed by atoms with Crippen molar-refractivity contribution in [1.29, 1.82) is 0 Å². The maximum absolute atomic E-state index is 10.6. The van der Waals surface area contributed by atoms with E-state index in [4.69, 9.17) is 5.11 Å². The Kier molecular flexibility index (Phi) is 3.53. The number of aliphatic carboxylic acids is 1. The van der Waals surface area contributed by atoms with E-state index in [2.05, 4.69) is 4.98 Å². The topological polar surface area (TPSA) is 50.2 Å². The molecule has 0 saturated heterocycles. The summed E-state index contributed by atoms with van der Waals surface area (Å²) in [5, 5.41) is 8.74. The number of nitrogens with zero attached hydrogens (tertiary/aromatic N) is 1. The van der Waals surface area contributed by atoms with Crippen molar-refractivity contribution in [2.75, 3.05) is 0 Å². The molecule has 90 valence electrons. The van der Waals surface area contributed by atoms with Gasteiger partial charge in [-0.05, 0) is 36.3 Å². The van der Waals surface area contributed by atoms with Gasteiger partial charge in [-0.2, -0.15) is 0 Å².